The Balaban J connectivity index is 4.31. The zero-order chi connectivity index (χ0) is 11.4. The molecule has 0 rings (SSSR count). The van der Waals surface area contributed by atoms with E-state index >= 15 is 0 Å². The van der Waals surface area contributed by atoms with Crippen molar-refractivity contribution in [3.63, 3.8) is 0 Å². The molecule has 0 saturated carbocycles. The van der Waals surface area contributed by atoms with Gasteiger partial charge in [-0.1, -0.05) is 0 Å². The van der Waals surface area contributed by atoms with Gasteiger partial charge in [-0.15, -0.1) is 0 Å². The summed E-state index contributed by atoms with van der Waals surface area (Å²) in [7, 11) is -3.39. The van der Waals surface area contributed by atoms with Crippen molar-refractivity contribution in [2.75, 3.05) is 12.3 Å². The third-order valence-electron chi connectivity index (χ3n) is 1.73. The van der Waals surface area contributed by atoms with E-state index in [0.717, 1.165) is 0 Å². The fourth-order valence-electron chi connectivity index (χ4n) is 0.835. The van der Waals surface area contributed by atoms with E-state index in [9.17, 15) is 13.2 Å². The molecule has 1 amide bonds. The SMILES string of the molecule is CC(C)NC(=O)CS(=O)(=O)C(C)CN. The van der Waals surface area contributed by atoms with Gasteiger partial charge >= 0.3 is 0 Å². The number of rotatable bonds is 5. The quantitative estimate of drug-likeness (QED) is 0.642. The first-order valence-electron chi connectivity index (χ1n) is 4.50. The summed E-state index contributed by atoms with van der Waals surface area (Å²) < 4.78 is 22.8. The molecule has 1 atom stereocenters. The Kier molecular flexibility index (Phi) is 5.07. The summed E-state index contributed by atoms with van der Waals surface area (Å²) in [5, 5.41) is 1.85. The van der Waals surface area contributed by atoms with Gasteiger partial charge in [0.2, 0.25) is 5.91 Å². The van der Waals surface area contributed by atoms with Crippen molar-refractivity contribution in [2.45, 2.75) is 32.1 Å². The van der Waals surface area contributed by atoms with E-state index in [0.29, 0.717) is 0 Å². The summed E-state index contributed by atoms with van der Waals surface area (Å²) in [4.78, 5) is 11.2. The molecule has 0 radical (unpaired) electrons. The molecule has 0 aromatic heterocycles. The van der Waals surface area contributed by atoms with Crippen LogP contribution in [0.2, 0.25) is 0 Å². The Bertz CT molecular complexity index is 285. The number of hydrogen-bond acceptors (Lipinski definition) is 4. The maximum atomic E-state index is 11.4. The number of carbonyl (C=O) groups excluding carboxylic acids is 1. The van der Waals surface area contributed by atoms with Gasteiger partial charge in [-0.05, 0) is 20.8 Å². The molecular weight excluding hydrogens is 204 g/mol. The highest BCUT2D eigenvalue weighted by atomic mass is 32.2. The molecule has 0 fully saturated rings. The first-order chi connectivity index (χ1) is 6.29. The lowest BCUT2D eigenvalue weighted by atomic mass is 10.4. The molecule has 6 heteroatoms. The molecule has 0 bridgehead atoms. The minimum absolute atomic E-state index is 0.0390. The van der Waals surface area contributed by atoms with Crippen molar-refractivity contribution in [1.82, 2.24) is 5.32 Å². The van der Waals surface area contributed by atoms with Crippen LogP contribution >= 0.6 is 0 Å². The van der Waals surface area contributed by atoms with E-state index in [4.69, 9.17) is 5.73 Å². The van der Waals surface area contributed by atoms with Gasteiger partial charge in [0.05, 0.1) is 5.25 Å². The second-order valence-electron chi connectivity index (χ2n) is 3.58. The average Bonchev–Trinajstić information content (AvgIpc) is 1.99. The van der Waals surface area contributed by atoms with E-state index in [2.05, 4.69) is 5.32 Å². The largest absolute Gasteiger partial charge is 0.353 e. The molecule has 0 heterocycles. The maximum absolute atomic E-state index is 11.4. The molecule has 0 aliphatic rings. The van der Waals surface area contributed by atoms with Gasteiger partial charge < -0.3 is 11.1 Å². The summed E-state index contributed by atoms with van der Waals surface area (Å²) in [6.45, 7) is 5.09. The average molecular weight is 222 g/mol. The number of hydrogen-bond donors (Lipinski definition) is 2. The van der Waals surface area contributed by atoms with Crippen LogP contribution in [0, 0.1) is 0 Å². The smallest absolute Gasteiger partial charge is 0.235 e. The first-order valence-corrected chi connectivity index (χ1v) is 6.22. The van der Waals surface area contributed by atoms with Crippen LogP contribution in [0.15, 0.2) is 0 Å². The summed E-state index contributed by atoms with van der Waals surface area (Å²) in [6.07, 6.45) is 0. The summed E-state index contributed by atoms with van der Waals surface area (Å²) in [6, 6.07) is -0.0501. The second kappa shape index (κ2) is 5.31. The van der Waals surface area contributed by atoms with Crippen LogP contribution in [-0.2, 0) is 14.6 Å². The van der Waals surface area contributed by atoms with Crippen LogP contribution in [-0.4, -0.2) is 37.9 Å². The van der Waals surface area contributed by atoms with E-state index in [1.54, 1.807) is 13.8 Å². The topological polar surface area (TPSA) is 89.3 Å². The van der Waals surface area contributed by atoms with Crippen LogP contribution in [0.3, 0.4) is 0 Å². The van der Waals surface area contributed by atoms with E-state index in [1.165, 1.54) is 6.92 Å². The molecule has 0 aromatic carbocycles. The Hall–Kier alpha value is -0.620. The van der Waals surface area contributed by atoms with Crippen LogP contribution < -0.4 is 11.1 Å². The predicted octanol–water partition coefficient (Wildman–Crippen LogP) is -0.727. The summed E-state index contributed by atoms with van der Waals surface area (Å²) in [5.74, 6) is -0.955. The molecule has 0 spiro atoms. The van der Waals surface area contributed by atoms with Crippen LogP contribution in [0.4, 0.5) is 0 Å². The zero-order valence-electron chi connectivity index (χ0n) is 8.78. The van der Waals surface area contributed by atoms with Gasteiger partial charge in [0.1, 0.15) is 5.75 Å². The van der Waals surface area contributed by atoms with Gasteiger partial charge in [-0.3, -0.25) is 4.79 Å². The fraction of sp³-hybridized carbons (Fsp3) is 0.875. The standard InChI is InChI=1S/C8H18N2O3S/c1-6(2)10-8(11)5-14(12,13)7(3)4-9/h6-7H,4-5,9H2,1-3H3,(H,10,11). The van der Waals surface area contributed by atoms with Crippen molar-refractivity contribution in [2.24, 2.45) is 5.73 Å². The molecule has 0 saturated heterocycles. The van der Waals surface area contributed by atoms with Gasteiger partial charge in [0.15, 0.2) is 9.84 Å². The van der Waals surface area contributed by atoms with Crippen molar-refractivity contribution in [3.8, 4) is 0 Å². The Morgan fingerprint density at radius 2 is 1.86 bits per heavy atom. The number of carbonyl (C=O) groups is 1. The highest BCUT2D eigenvalue weighted by Gasteiger charge is 2.23. The lowest BCUT2D eigenvalue weighted by molar-refractivity contribution is -0.119. The van der Waals surface area contributed by atoms with Gasteiger partial charge in [-0.25, -0.2) is 8.42 Å². The monoisotopic (exact) mass is 222 g/mol. The van der Waals surface area contributed by atoms with Crippen LogP contribution in [0.5, 0.6) is 0 Å². The molecular formula is C8H18N2O3S. The predicted molar refractivity (Wildman–Crippen MR) is 55.6 cm³/mol. The second-order valence-corrected chi connectivity index (χ2v) is 5.99. The maximum Gasteiger partial charge on any atom is 0.235 e. The van der Waals surface area contributed by atoms with E-state index < -0.39 is 26.7 Å². The number of nitrogens with one attached hydrogen (secondary N) is 1. The number of sulfone groups is 1. The third kappa shape index (κ3) is 4.57. The highest BCUT2D eigenvalue weighted by Crippen LogP contribution is 1.99. The lowest BCUT2D eigenvalue weighted by Crippen LogP contribution is -2.39. The minimum atomic E-state index is -3.39. The summed E-state index contributed by atoms with van der Waals surface area (Å²) in [5.41, 5.74) is 5.22. The third-order valence-corrected chi connectivity index (χ3v) is 3.81. The van der Waals surface area contributed by atoms with Crippen LogP contribution in [0.25, 0.3) is 0 Å². The van der Waals surface area contributed by atoms with Crippen molar-refractivity contribution < 1.29 is 13.2 Å². The van der Waals surface area contributed by atoms with Gasteiger partial charge in [0.25, 0.3) is 0 Å². The molecule has 3 N–H and O–H groups in total. The molecule has 5 nitrogen and oxygen atoms in total. The van der Waals surface area contributed by atoms with E-state index in [1.807, 2.05) is 0 Å². The molecule has 1 unspecified atom stereocenters. The van der Waals surface area contributed by atoms with Gasteiger partial charge in [0, 0.05) is 12.6 Å². The molecule has 84 valence electrons. The van der Waals surface area contributed by atoms with Gasteiger partial charge in [-0.2, -0.15) is 0 Å². The normalized spacial score (nSPS) is 14.1. The molecule has 0 aliphatic heterocycles. The van der Waals surface area contributed by atoms with Crippen molar-refractivity contribution in [1.29, 1.82) is 0 Å². The highest BCUT2D eigenvalue weighted by molar-refractivity contribution is 7.92. The molecule has 0 aromatic rings. The Labute approximate surface area is 85.0 Å². The zero-order valence-corrected chi connectivity index (χ0v) is 9.60. The molecule has 14 heavy (non-hydrogen) atoms. The van der Waals surface area contributed by atoms with Crippen LogP contribution in [0.1, 0.15) is 20.8 Å². The summed E-state index contributed by atoms with van der Waals surface area (Å²) >= 11 is 0. The Morgan fingerprint density at radius 3 is 2.21 bits per heavy atom. The Morgan fingerprint density at radius 1 is 1.36 bits per heavy atom. The number of nitrogens with two attached hydrogens (primary N) is 1. The number of amides is 1. The molecule has 0 aliphatic carbocycles. The lowest BCUT2D eigenvalue weighted by Gasteiger charge is -2.12. The van der Waals surface area contributed by atoms with Crippen molar-refractivity contribution >= 4 is 15.7 Å². The fourth-order valence-corrected chi connectivity index (χ4v) is 1.86. The minimum Gasteiger partial charge on any atom is -0.353 e. The van der Waals surface area contributed by atoms with Crippen molar-refractivity contribution in [3.05, 3.63) is 0 Å². The van der Waals surface area contributed by atoms with E-state index in [-0.39, 0.29) is 12.6 Å². The first kappa shape index (κ1) is 13.4.